The van der Waals surface area contributed by atoms with E-state index in [9.17, 15) is 22.8 Å². The first kappa shape index (κ1) is 32.4. The number of rotatable bonds is 7. The predicted octanol–water partition coefficient (Wildman–Crippen LogP) is 5.90. The topological polar surface area (TPSA) is 110 Å². The lowest BCUT2D eigenvalue weighted by Crippen LogP contribution is -2.50. The molecule has 248 valence electrons. The van der Waals surface area contributed by atoms with Gasteiger partial charge in [0.1, 0.15) is 30.5 Å². The summed E-state index contributed by atoms with van der Waals surface area (Å²) in [6, 6.07) is 11.2. The first-order valence-corrected chi connectivity index (χ1v) is 15.4. The van der Waals surface area contributed by atoms with Gasteiger partial charge in [0.2, 0.25) is 11.8 Å². The molecule has 0 aliphatic carbocycles. The third kappa shape index (κ3) is 6.38. The van der Waals surface area contributed by atoms with Gasteiger partial charge in [-0.1, -0.05) is 55.8 Å². The van der Waals surface area contributed by atoms with Gasteiger partial charge in [0.15, 0.2) is 0 Å². The van der Waals surface area contributed by atoms with Crippen LogP contribution in [0.2, 0.25) is 5.02 Å². The van der Waals surface area contributed by atoms with Crippen LogP contribution in [0.25, 0.3) is 0 Å². The Morgan fingerprint density at radius 2 is 1.81 bits per heavy atom. The Bertz CT molecular complexity index is 1660. The van der Waals surface area contributed by atoms with Gasteiger partial charge in [0, 0.05) is 43.5 Å². The van der Waals surface area contributed by atoms with Crippen molar-refractivity contribution in [1.29, 1.82) is 0 Å². The molecule has 2 fully saturated rings. The van der Waals surface area contributed by atoms with Gasteiger partial charge >= 0.3 is 12.3 Å². The third-order valence-corrected chi connectivity index (χ3v) is 8.96. The molecule has 47 heavy (non-hydrogen) atoms. The number of aromatic nitrogens is 2. The van der Waals surface area contributed by atoms with Crippen LogP contribution < -0.4 is 19.4 Å². The van der Waals surface area contributed by atoms with Gasteiger partial charge in [-0.15, -0.1) is 0 Å². The highest BCUT2D eigenvalue weighted by Crippen LogP contribution is 2.39. The number of halogens is 4. The van der Waals surface area contributed by atoms with Crippen molar-refractivity contribution in [2.24, 2.45) is 16.9 Å². The van der Waals surface area contributed by atoms with Crippen molar-refractivity contribution >= 4 is 40.7 Å². The molecule has 0 saturated carbocycles. The molecule has 1 aromatic carbocycles. The number of anilines is 2. The summed E-state index contributed by atoms with van der Waals surface area (Å²) in [6.07, 6.45) is -2.41. The molecular formula is C32H32ClF3N6O5. The summed E-state index contributed by atoms with van der Waals surface area (Å²) in [4.78, 5) is 38.2. The first-order valence-electron chi connectivity index (χ1n) is 15.0. The molecule has 15 heteroatoms. The summed E-state index contributed by atoms with van der Waals surface area (Å²) in [7, 11) is 1.54. The Balaban J connectivity index is 1.20. The molecule has 0 bridgehead atoms. The minimum Gasteiger partial charge on any atom is -0.481 e. The fraction of sp³-hybridized carbons (Fsp3) is 0.406. The number of ether oxygens (including phenoxy) is 3. The number of methoxy groups -OCH3 is 1. The van der Waals surface area contributed by atoms with E-state index >= 15 is 0 Å². The van der Waals surface area contributed by atoms with Crippen molar-refractivity contribution in [1.82, 2.24) is 14.9 Å². The van der Waals surface area contributed by atoms with Crippen LogP contribution in [0.5, 0.6) is 11.8 Å². The number of cyclic esters (lactones) is 1. The lowest BCUT2D eigenvalue weighted by atomic mass is 9.95. The predicted molar refractivity (Wildman–Crippen MR) is 167 cm³/mol. The molecule has 3 aliphatic heterocycles. The lowest BCUT2D eigenvalue weighted by molar-refractivity contribution is -0.131. The van der Waals surface area contributed by atoms with Crippen molar-refractivity contribution in [3.63, 3.8) is 0 Å². The quantitative estimate of drug-likeness (QED) is 0.303. The molecule has 5 atom stereocenters. The third-order valence-electron chi connectivity index (χ3n) is 8.67. The number of hydrazone groups is 1. The zero-order valence-corrected chi connectivity index (χ0v) is 26.5. The molecule has 0 spiro atoms. The summed E-state index contributed by atoms with van der Waals surface area (Å²) in [5.41, 5.74) is 0.432. The number of hydrogen-bond acceptors (Lipinski definition) is 10. The Morgan fingerprint density at radius 1 is 1.06 bits per heavy atom. The normalized spacial score (nSPS) is 24.7. The van der Waals surface area contributed by atoms with Crippen LogP contribution in [0.1, 0.15) is 31.9 Å². The van der Waals surface area contributed by atoms with Crippen molar-refractivity contribution < 1.29 is 37.0 Å². The maximum Gasteiger partial charge on any atom is 0.431 e. The van der Waals surface area contributed by atoms with E-state index in [1.165, 1.54) is 32.4 Å². The van der Waals surface area contributed by atoms with Crippen LogP contribution in [0.4, 0.5) is 29.3 Å². The maximum absolute atomic E-state index is 14.1. The summed E-state index contributed by atoms with van der Waals surface area (Å²) in [5, 5.41) is 5.33. The average molecular weight is 673 g/mol. The molecule has 3 aliphatic rings. The molecule has 0 N–H and O–H groups in total. The number of hydrogen-bond donors (Lipinski definition) is 0. The van der Waals surface area contributed by atoms with Crippen molar-refractivity contribution in [3.05, 3.63) is 71.5 Å². The van der Waals surface area contributed by atoms with Gasteiger partial charge in [-0.25, -0.2) is 19.7 Å². The highest BCUT2D eigenvalue weighted by Gasteiger charge is 2.54. The minimum atomic E-state index is -4.80. The lowest BCUT2D eigenvalue weighted by Gasteiger charge is -2.38. The van der Waals surface area contributed by atoms with Gasteiger partial charge in [0.25, 0.3) is 5.91 Å². The number of nitrogens with zero attached hydrogens (tertiary/aromatic N) is 6. The minimum absolute atomic E-state index is 0.0682. The summed E-state index contributed by atoms with van der Waals surface area (Å²) >= 11 is 6.40. The SMILES string of the molecule is COc1cc(N2CCC(Oc3ccc(N4N=C(C(F)(F)F)[C@@H](C)[C@@H]4C(=O)N4C(=O)OCC4c4ccccc4)cn3)C(C)C2)c(Cl)cn1. The number of benzene rings is 1. The monoisotopic (exact) mass is 672 g/mol. The fourth-order valence-electron chi connectivity index (χ4n) is 6.22. The number of imide groups is 1. The molecule has 2 saturated heterocycles. The van der Waals surface area contributed by atoms with E-state index in [1.54, 1.807) is 42.6 Å². The largest absolute Gasteiger partial charge is 0.481 e. The van der Waals surface area contributed by atoms with E-state index in [0.29, 0.717) is 36.0 Å². The zero-order chi connectivity index (χ0) is 33.5. The average Bonchev–Trinajstić information content (AvgIpc) is 3.62. The van der Waals surface area contributed by atoms with Crippen LogP contribution in [0.15, 0.2) is 66.0 Å². The number of carbonyl (C=O) groups excluding carboxylic acids is 2. The van der Waals surface area contributed by atoms with Crippen molar-refractivity contribution in [3.8, 4) is 11.8 Å². The van der Waals surface area contributed by atoms with Crippen LogP contribution >= 0.6 is 11.6 Å². The van der Waals surface area contributed by atoms with E-state index in [4.69, 9.17) is 25.8 Å². The van der Waals surface area contributed by atoms with Gasteiger partial charge in [-0.3, -0.25) is 9.80 Å². The summed E-state index contributed by atoms with van der Waals surface area (Å²) < 4.78 is 58.8. The Morgan fingerprint density at radius 3 is 2.47 bits per heavy atom. The molecule has 11 nitrogen and oxygen atoms in total. The smallest absolute Gasteiger partial charge is 0.431 e. The van der Waals surface area contributed by atoms with Gasteiger partial charge < -0.3 is 19.1 Å². The molecule has 6 rings (SSSR count). The van der Waals surface area contributed by atoms with Crippen LogP contribution in [0, 0.1) is 11.8 Å². The number of piperidine rings is 1. The fourth-order valence-corrected chi connectivity index (χ4v) is 6.45. The van der Waals surface area contributed by atoms with Crippen molar-refractivity contribution in [2.45, 2.75) is 44.6 Å². The van der Waals surface area contributed by atoms with E-state index in [-0.39, 0.29) is 30.2 Å². The number of carbonyl (C=O) groups is 2. The maximum atomic E-state index is 14.1. The van der Waals surface area contributed by atoms with Crippen LogP contribution in [-0.2, 0) is 9.53 Å². The Kier molecular flexibility index (Phi) is 8.88. The zero-order valence-electron chi connectivity index (χ0n) is 25.7. The molecular weight excluding hydrogens is 641 g/mol. The molecule has 2 amide bonds. The first-order chi connectivity index (χ1) is 22.5. The molecule has 0 radical (unpaired) electrons. The summed E-state index contributed by atoms with van der Waals surface area (Å²) in [5.74, 6) is -1.45. The van der Waals surface area contributed by atoms with Crippen LogP contribution in [0.3, 0.4) is 0 Å². The van der Waals surface area contributed by atoms with Crippen molar-refractivity contribution in [2.75, 3.05) is 36.7 Å². The second kappa shape index (κ2) is 12.9. The standard InChI is InChI=1S/C32H32ClF3N6O5/c1-18-16-40(23-13-27(45-3)38-15-22(23)33)12-11-25(18)47-26-10-9-21(14-37-26)42-28(19(2)29(39-42)32(34,35)36)30(43)41-24(17-46-31(41)44)20-7-5-4-6-8-20/h4-10,13-15,18-19,24-25,28H,11-12,16-17H2,1-3H3/t18?,19-,24?,25?,28+/m0/s1. The second-order valence-corrected chi connectivity index (χ2v) is 12.1. The number of amides is 2. The van der Waals surface area contributed by atoms with Gasteiger partial charge in [0.05, 0.1) is 35.9 Å². The van der Waals surface area contributed by atoms with E-state index in [1.807, 2.05) is 6.92 Å². The molecule has 5 heterocycles. The van der Waals surface area contributed by atoms with E-state index < -0.39 is 41.9 Å². The van der Waals surface area contributed by atoms with Gasteiger partial charge in [-0.2, -0.15) is 18.3 Å². The highest BCUT2D eigenvalue weighted by molar-refractivity contribution is 6.33. The second-order valence-electron chi connectivity index (χ2n) is 11.7. The highest BCUT2D eigenvalue weighted by atomic mass is 35.5. The van der Waals surface area contributed by atoms with E-state index in [0.717, 1.165) is 15.6 Å². The number of pyridine rings is 2. The molecule has 2 aromatic heterocycles. The Hall–Kier alpha value is -4.59. The van der Waals surface area contributed by atoms with Gasteiger partial charge in [-0.05, 0) is 11.6 Å². The Labute approximate surface area is 273 Å². The number of alkyl halides is 3. The van der Waals surface area contributed by atoms with E-state index in [2.05, 4.69) is 20.0 Å². The molecule has 3 unspecified atom stereocenters. The van der Waals surface area contributed by atoms with Crippen LogP contribution in [-0.4, -0.2) is 77.7 Å². The molecule has 3 aromatic rings. The summed E-state index contributed by atoms with van der Waals surface area (Å²) in [6.45, 7) is 4.48.